The van der Waals surface area contributed by atoms with E-state index in [1.54, 1.807) is 0 Å². The Morgan fingerprint density at radius 3 is 2.70 bits per heavy atom. The lowest BCUT2D eigenvalue weighted by atomic mass is 10.1. The van der Waals surface area contributed by atoms with E-state index in [9.17, 15) is 9.18 Å². The maximum Gasteiger partial charge on any atom is 0.251 e. The van der Waals surface area contributed by atoms with E-state index in [4.69, 9.17) is 16.5 Å². The number of fused-ring (bicyclic) bond motifs is 3. The number of hydrogen-bond donors (Lipinski definition) is 3. The van der Waals surface area contributed by atoms with Gasteiger partial charge < -0.3 is 21.4 Å². The average Bonchev–Trinajstić information content (AvgIpc) is 3.18. The summed E-state index contributed by atoms with van der Waals surface area (Å²) in [5, 5.41) is 3.89. The van der Waals surface area contributed by atoms with Gasteiger partial charge in [-0.2, -0.15) is 0 Å². The number of anilines is 2. The Bertz CT molecular complexity index is 1300. The van der Waals surface area contributed by atoms with Crippen molar-refractivity contribution in [3.05, 3.63) is 59.7 Å². The monoisotopic (exact) mass is 448 g/mol. The molecule has 0 aliphatic carbocycles. The lowest BCUT2D eigenvalue weighted by Gasteiger charge is -2.11. The third kappa shape index (κ3) is 4.74. The van der Waals surface area contributed by atoms with E-state index in [1.807, 2.05) is 18.2 Å². The van der Waals surface area contributed by atoms with E-state index in [-0.39, 0.29) is 17.2 Å². The zero-order chi connectivity index (χ0) is 23.4. The van der Waals surface area contributed by atoms with Crippen molar-refractivity contribution in [1.29, 1.82) is 0 Å². The molecule has 0 saturated heterocycles. The molecule has 0 saturated carbocycles. The van der Waals surface area contributed by atoms with Crippen LogP contribution in [0.4, 0.5) is 15.9 Å². The molecule has 0 fully saturated rings. The van der Waals surface area contributed by atoms with Gasteiger partial charge in [-0.1, -0.05) is 31.5 Å². The van der Waals surface area contributed by atoms with Gasteiger partial charge in [0.25, 0.3) is 5.91 Å². The lowest BCUT2D eigenvalue weighted by molar-refractivity contribution is 0.0952. The molecule has 8 heteroatoms. The van der Waals surface area contributed by atoms with Crippen LogP contribution in [0.5, 0.6) is 0 Å². The molecule has 2 aromatic heterocycles. The van der Waals surface area contributed by atoms with Crippen LogP contribution in [-0.2, 0) is 13.0 Å². The minimum atomic E-state index is -0.588. The fraction of sp³-hybridized carbons (Fsp3) is 0.320. The Kier molecular flexibility index (Phi) is 6.72. The summed E-state index contributed by atoms with van der Waals surface area (Å²) in [4.78, 5) is 21.6. The van der Waals surface area contributed by atoms with Gasteiger partial charge in [-0.25, -0.2) is 14.4 Å². The third-order valence-electron chi connectivity index (χ3n) is 5.80. The first-order valence-corrected chi connectivity index (χ1v) is 11.4. The van der Waals surface area contributed by atoms with E-state index in [0.29, 0.717) is 12.4 Å². The Morgan fingerprint density at radius 2 is 1.91 bits per heavy atom. The number of imidazole rings is 1. The van der Waals surface area contributed by atoms with E-state index in [0.717, 1.165) is 72.5 Å². The van der Waals surface area contributed by atoms with Gasteiger partial charge in [0.1, 0.15) is 17.2 Å². The number of nitrogens with zero attached hydrogens (tertiary/aromatic N) is 3. The van der Waals surface area contributed by atoms with Crippen LogP contribution >= 0.6 is 0 Å². The number of carbonyl (C=O) groups excluding carboxylic acids is 1. The van der Waals surface area contributed by atoms with E-state index < -0.39 is 5.82 Å². The second-order valence-corrected chi connectivity index (χ2v) is 8.19. The number of unbranched alkanes of at least 4 members (excludes halogenated alkanes) is 2. The number of benzene rings is 2. The quantitative estimate of drug-likeness (QED) is 0.259. The number of amides is 1. The van der Waals surface area contributed by atoms with Gasteiger partial charge in [-0.05, 0) is 43.5 Å². The van der Waals surface area contributed by atoms with Crippen LogP contribution in [-0.4, -0.2) is 27.0 Å². The van der Waals surface area contributed by atoms with Crippen LogP contribution in [0, 0.1) is 5.82 Å². The standard InChI is InChI=1S/C25H29FN6O/c1-2-3-10-21-31-22-23(17-8-4-5-9-20(17)30-24(22)28)32(21)14-7-6-13-29-25(33)16-11-12-19(27)18(26)15-16/h4-5,8-9,11-12,15H,2-3,6-7,10,13-14,27H2,1H3,(H2,28,30)(H,29,33). The van der Waals surface area contributed by atoms with E-state index >= 15 is 0 Å². The first-order valence-electron chi connectivity index (χ1n) is 11.4. The molecule has 0 radical (unpaired) electrons. The van der Waals surface area contributed by atoms with Crippen LogP contribution in [0.1, 0.15) is 48.8 Å². The van der Waals surface area contributed by atoms with Gasteiger partial charge >= 0.3 is 0 Å². The number of pyridine rings is 1. The number of nitrogens with one attached hydrogen (secondary N) is 1. The van der Waals surface area contributed by atoms with Gasteiger partial charge in [0, 0.05) is 30.5 Å². The molecule has 2 aromatic carbocycles. The summed E-state index contributed by atoms with van der Waals surface area (Å²) in [5.74, 6) is 0.562. The maximum atomic E-state index is 13.6. The van der Waals surface area contributed by atoms with Crippen molar-refractivity contribution in [2.75, 3.05) is 18.0 Å². The predicted molar refractivity (Wildman–Crippen MR) is 130 cm³/mol. The summed E-state index contributed by atoms with van der Waals surface area (Å²) in [7, 11) is 0. The summed E-state index contributed by atoms with van der Waals surface area (Å²) in [6.45, 7) is 3.41. The van der Waals surface area contributed by atoms with Crippen molar-refractivity contribution >= 4 is 39.3 Å². The van der Waals surface area contributed by atoms with Crippen molar-refractivity contribution in [3.8, 4) is 0 Å². The predicted octanol–water partition coefficient (Wildman–Crippen LogP) is 4.44. The summed E-state index contributed by atoms with van der Waals surface area (Å²) < 4.78 is 15.9. The molecule has 7 nitrogen and oxygen atoms in total. The maximum absolute atomic E-state index is 13.6. The van der Waals surface area contributed by atoms with Gasteiger partial charge in [-0.3, -0.25) is 4.79 Å². The molecule has 0 spiro atoms. The van der Waals surface area contributed by atoms with Crippen molar-refractivity contribution in [1.82, 2.24) is 19.9 Å². The van der Waals surface area contributed by atoms with E-state index in [1.165, 1.54) is 12.1 Å². The average molecular weight is 449 g/mol. The topological polar surface area (TPSA) is 112 Å². The number of hydrogen-bond acceptors (Lipinski definition) is 5. The summed E-state index contributed by atoms with van der Waals surface area (Å²) in [6.07, 6.45) is 4.61. The zero-order valence-corrected chi connectivity index (χ0v) is 18.8. The molecule has 4 aromatic rings. The number of nitrogen functional groups attached to an aromatic ring is 2. The fourth-order valence-corrected chi connectivity index (χ4v) is 4.04. The summed E-state index contributed by atoms with van der Waals surface area (Å²) in [6, 6.07) is 12.0. The number of aromatic nitrogens is 3. The van der Waals surface area contributed by atoms with Crippen molar-refractivity contribution in [2.24, 2.45) is 0 Å². The number of rotatable bonds is 9. The highest BCUT2D eigenvalue weighted by atomic mass is 19.1. The number of halogens is 1. The largest absolute Gasteiger partial charge is 0.396 e. The SMILES string of the molecule is CCCCc1nc2c(N)nc3ccccc3c2n1CCCCNC(=O)c1ccc(N)c(F)c1. The minimum Gasteiger partial charge on any atom is -0.396 e. The number of para-hydroxylation sites is 1. The van der Waals surface area contributed by atoms with Crippen LogP contribution in [0.15, 0.2) is 42.5 Å². The summed E-state index contributed by atoms with van der Waals surface area (Å²) >= 11 is 0. The highest BCUT2D eigenvalue weighted by Crippen LogP contribution is 2.29. The highest BCUT2D eigenvalue weighted by molar-refractivity contribution is 6.06. The second-order valence-electron chi connectivity index (χ2n) is 8.19. The molecule has 1 amide bonds. The van der Waals surface area contributed by atoms with Crippen molar-refractivity contribution < 1.29 is 9.18 Å². The molecule has 5 N–H and O–H groups in total. The molecule has 0 bridgehead atoms. The van der Waals surface area contributed by atoms with Crippen LogP contribution in [0.2, 0.25) is 0 Å². The summed E-state index contributed by atoms with van der Waals surface area (Å²) in [5.41, 5.74) is 14.6. The van der Waals surface area contributed by atoms with Gasteiger partial charge in [0.15, 0.2) is 5.82 Å². The molecular formula is C25H29FN6O. The Hall–Kier alpha value is -3.68. The molecule has 0 unspecified atom stereocenters. The van der Waals surface area contributed by atoms with Gasteiger partial charge in [-0.15, -0.1) is 0 Å². The lowest BCUT2D eigenvalue weighted by Crippen LogP contribution is -2.24. The third-order valence-corrected chi connectivity index (χ3v) is 5.80. The first kappa shape index (κ1) is 22.5. The molecule has 4 rings (SSSR count). The van der Waals surface area contributed by atoms with Crippen molar-refractivity contribution in [2.45, 2.75) is 45.6 Å². The normalized spacial score (nSPS) is 11.3. The molecule has 0 atom stereocenters. The number of aryl methyl sites for hydroxylation is 2. The number of nitrogens with two attached hydrogens (primary N) is 2. The van der Waals surface area contributed by atoms with Crippen LogP contribution in [0.25, 0.3) is 21.9 Å². The Morgan fingerprint density at radius 1 is 1.09 bits per heavy atom. The Balaban J connectivity index is 1.48. The van der Waals surface area contributed by atoms with Crippen LogP contribution < -0.4 is 16.8 Å². The molecule has 172 valence electrons. The molecule has 33 heavy (non-hydrogen) atoms. The fourth-order valence-electron chi connectivity index (χ4n) is 4.04. The highest BCUT2D eigenvalue weighted by Gasteiger charge is 2.17. The van der Waals surface area contributed by atoms with E-state index in [2.05, 4.69) is 27.9 Å². The molecule has 2 heterocycles. The zero-order valence-electron chi connectivity index (χ0n) is 18.8. The smallest absolute Gasteiger partial charge is 0.251 e. The van der Waals surface area contributed by atoms with Gasteiger partial charge in [0.2, 0.25) is 0 Å². The molecule has 0 aliphatic heterocycles. The number of carbonyl (C=O) groups is 1. The Labute approximate surface area is 192 Å². The first-order chi connectivity index (χ1) is 16.0. The van der Waals surface area contributed by atoms with Gasteiger partial charge in [0.05, 0.1) is 16.7 Å². The molecular weight excluding hydrogens is 419 g/mol. The molecule has 0 aliphatic rings. The van der Waals surface area contributed by atoms with Crippen molar-refractivity contribution in [3.63, 3.8) is 0 Å². The van der Waals surface area contributed by atoms with Crippen LogP contribution in [0.3, 0.4) is 0 Å². The second kappa shape index (κ2) is 9.85. The minimum absolute atomic E-state index is 0.0290.